The van der Waals surface area contributed by atoms with E-state index in [0.29, 0.717) is 27.6 Å². The minimum absolute atomic E-state index is 0.225. The van der Waals surface area contributed by atoms with Crippen molar-refractivity contribution >= 4 is 39.8 Å². The Kier molecular flexibility index (Phi) is 4.87. The third kappa shape index (κ3) is 3.69. The lowest BCUT2D eigenvalue weighted by Gasteiger charge is -2.26. The molecule has 0 spiro atoms. The molecule has 0 radical (unpaired) electrons. The molecular formula is C20H21ClN6O3. The van der Waals surface area contributed by atoms with Crippen molar-refractivity contribution < 1.29 is 14.6 Å². The number of amides is 1. The third-order valence-corrected chi connectivity index (χ3v) is 5.23. The van der Waals surface area contributed by atoms with Crippen LogP contribution in [-0.2, 0) is 7.05 Å². The smallest absolute Gasteiger partial charge is 0.406 e. The minimum Gasteiger partial charge on any atom is -0.406 e. The van der Waals surface area contributed by atoms with Crippen LogP contribution in [0.5, 0.6) is 5.75 Å². The van der Waals surface area contributed by atoms with Crippen molar-refractivity contribution in [2.24, 2.45) is 7.05 Å². The molecule has 0 fully saturated rings. The molecule has 10 heteroatoms. The van der Waals surface area contributed by atoms with E-state index < -0.39 is 17.7 Å². The number of hydrogen-bond acceptors (Lipinski definition) is 6. The summed E-state index contributed by atoms with van der Waals surface area (Å²) in [5, 5.41) is 18.6. The molecule has 0 saturated heterocycles. The molecule has 30 heavy (non-hydrogen) atoms. The van der Waals surface area contributed by atoms with Crippen molar-refractivity contribution in [3.8, 4) is 17.1 Å². The lowest BCUT2D eigenvalue weighted by molar-refractivity contribution is 0.0450. The van der Waals surface area contributed by atoms with Crippen molar-refractivity contribution in [1.82, 2.24) is 30.0 Å². The number of fused-ring (bicyclic) bond motifs is 2. The van der Waals surface area contributed by atoms with Crippen LogP contribution in [0.15, 0.2) is 30.6 Å². The number of aryl methyl sites for hydroxylation is 1. The number of H-pyrrole nitrogens is 1. The summed E-state index contributed by atoms with van der Waals surface area (Å²) in [5.41, 5.74) is 1.82. The van der Waals surface area contributed by atoms with Crippen LogP contribution in [-0.4, -0.2) is 47.6 Å². The van der Waals surface area contributed by atoms with E-state index in [0.717, 1.165) is 10.9 Å². The van der Waals surface area contributed by atoms with E-state index in [-0.39, 0.29) is 5.75 Å². The molecule has 0 unspecified atom stereocenters. The molecule has 3 N–H and O–H groups in total. The van der Waals surface area contributed by atoms with Gasteiger partial charge in [-0.05, 0) is 39.0 Å². The highest BCUT2D eigenvalue weighted by molar-refractivity contribution is 6.31. The summed E-state index contributed by atoms with van der Waals surface area (Å²) in [6, 6.07) is 4.99. The Morgan fingerprint density at radius 1 is 1.40 bits per heavy atom. The molecule has 0 aliphatic carbocycles. The summed E-state index contributed by atoms with van der Waals surface area (Å²) in [6.45, 7) is 4.89. The van der Waals surface area contributed by atoms with Gasteiger partial charge in [0, 0.05) is 23.7 Å². The summed E-state index contributed by atoms with van der Waals surface area (Å²) in [7, 11) is 1.83. The van der Waals surface area contributed by atoms with Gasteiger partial charge in [-0.2, -0.15) is 5.10 Å². The van der Waals surface area contributed by atoms with E-state index in [1.807, 2.05) is 19.2 Å². The van der Waals surface area contributed by atoms with Crippen LogP contribution in [0.3, 0.4) is 0 Å². The molecule has 0 saturated carbocycles. The second-order valence-corrected chi connectivity index (χ2v) is 8.08. The van der Waals surface area contributed by atoms with E-state index in [2.05, 4.69) is 25.4 Å². The normalized spacial score (nSPS) is 13.0. The zero-order valence-electron chi connectivity index (χ0n) is 16.9. The number of nitrogens with one attached hydrogen (secondary N) is 2. The molecule has 3 aromatic heterocycles. The Hall–Kier alpha value is -3.17. The summed E-state index contributed by atoms with van der Waals surface area (Å²) in [4.78, 5) is 24.2. The highest BCUT2D eigenvalue weighted by Crippen LogP contribution is 2.30. The van der Waals surface area contributed by atoms with Crippen molar-refractivity contribution in [3.05, 3.63) is 35.6 Å². The van der Waals surface area contributed by atoms with Crippen molar-refractivity contribution in [2.45, 2.75) is 32.4 Å². The third-order valence-electron chi connectivity index (χ3n) is 5.00. The molecule has 4 rings (SSSR count). The number of carbonyl (C=O) groups is 1. The Morgan fingerprint density at radius 3 is 2.90 bits per heavy atom. The van der Waals surface area contributed by atoms with Gasteiger partial charge in [0.1, 0.15) is 11.4 Å². The summed E-state index contributed by atoms with van der Waals surface area (Å²) >= 11 is 6.10. The SMILES string of the molecule is C[C@@H](NC(=O)Oc1c[nH]c2ncc(-c3nn(C)c4cc(Cl)ccc34)nc12)C(C)(C)O. The Labute approximate surface area is 177 Å². The van der Waals surface area contributed by atoms with Gasteiger partial charge in [-0.25, -0.2) is 14.8 Å². The molecule has 1 aromatic carbocycles. The van der Waals surface area contributed by atoms with Crippen LogP contribution in [0.25, 0.3) is 33.5 Å². The number of ether oxygens (including phenoxy) is 1. The molecule has 0 aliphatic heterocycles. The van der Waals surface area contributed by atoms with Gasteiger partial charge in [0.2, 0.25) is 0 Å². The van der Waals surface area contributed by atoms with E-state index in [4.69, 9.17) is 16.3 Å². The molecular weight excluding hydrogens is 408 g/mol. The maximum Gasteiger partial charge on any atom is 0.413 e. The molecule has 1 atom stereocenters. The molecule has 3 heterocycles. The van der Waals surface area contributed by atoms with E-state index in [1.165, 1.54) is 6.20 Å². The van der Waals surface area contributed by atoms with Crippen LogP contribution in [0, 0.1) is 0 Å². The van der Waals surface area contributed by atoms with Crippen molar-refractivity contribution in [3.63, 3.8) is 0 Å². The van der Waals surface area contributed by atoms with E-state index in [9.17, 15) is 9.90 Å². The van der Waals surface area contributed by atoms with Gasteiger partial charge in [0.25, 0.3) is 0 Å². The molecule has 156 valence electrons. The summed E-state index contributed by atoms with van der Waals surface area (Å²) in [6.07, 6.45) is 2.42. The van der Waals surface area contributed by atoms with E-state index >= 15 is 0 Å². The predicted molar refractivity (Wildman–Crippen MR) is 114 cm³/mol. The lowest BCUT2D eigenvalue weighted by atomic mass is 10.0. The number of hydrogen-bond donors (Lipinski definition) is 3. The van der Waals surface area contributed by atoms with Crippen molar-refractivity contribution in [1.29, 1.82) is 0 Å². The van der Waals surface area contributed by atoms with Gasteiger partial charge < -0.3 is 20.1 Å². The maximum atomic E-state index is 12.2. The first kappa shape index (κ1) is 20.1. The average molecular weight is 429 g/mol. The zero-order chi connectivity index (χ0) is 21.6. The number of nitrogens with zero attached hydrogens (tertiary/aromatic N) is 4. The fraction of sp³-hybridized carbons (Fsp3) is 0.300. The first-order valence-electron chi connectivity index (χ1n) is 9.31. The number of aliphatic hydroxyl groups is 1. The van der Waals surface area contributed by atoms with Crippen LogP contribution in [0.1, 0.15) is 20.8 Å². The van der Waals surface area contributed by atoms with E-state index in [1.54, 1.807) is 37.7 Å². The van der Waals surface area contributed by atoms with Crippen molar-refractivity contribution in [2.75, 3.05) is 0 Å². The van der Waals surface area contributed by atoms with Gasteiger partial charge in [-0.3, -0.25) is 4.68 Å². The number of aromatic amines is 1. The standard InChI is InChI=1S/C20H21ClN6O3/c1-10(20(2,3)29)24-19(28)30-15-9-23-18-17(15)25-13(8-22-18)16-12-6-5-11(21)7-14(12)27(4)26-16/h5-10,29H,1-4H3,(H,22,23)(H,24,28)/t10-/m1/s1. The Morgan fingerprint density at radius 2 is 2.17 bits per heavy atom. The molecule has 0 aliphatic rings. The number of rotatable bonds is 4. The highest BCUT2D eigenvalue weighted by Gasteiger charge is 2.25. The number of carbonyl (C=O) groups excluding carboxylic acids is 1. The molecule has 4 aromatic rings. The fourth-order valence-corrected chi connectivity index (χ4v) is 3.13. The second-order valence-electron chi connectivity index (χ2n) is 7.65. The first-order valence-corrected chi connectivity index (χ1v) is 9.69. The predicted octanol–water partition coefficient (Wildman–Crippen LogP) is 3.41. The fourth-order valence-electron chi connectivity index (χ4n) is 2.96. The summed E-state index contributed by atoms with van der Waals surface area (Å²) in [5.74, 6) is 0.225. The van der Waals surface area contributed by atoms with Gasteiger partial charge in [0.15, 0.2) is 16.9 Å². The molecule has 1 amide bonds. The average Bonchev–Trinajstić information content (AvgIpc) is 3.21. The van der Waals surface area contributed by atoms with Crippen LogP contribution in [0.4, 0.5) is 4.79 Å². The van der Waals surface area contributed by atoms with Gasteiger partial charge in [-0.1, -0.05) is 11.6 Å². The largest absolute Gasteiger partial charge is 0.413 e. The quantitative estimate of drug-likeness (QED) is 0.458. The minimum atomic E-state index is -1.09. The monoisotopic (exact) mass is 428 g/mol. The zero-order valence-corrected chi connectivity index (χ0v) is 17.7. The highest BCUT2D eigenvalue weighted by atomic mass is 35.5. The first-order chi connectivity index (χ1) is 14.1. The maximum absolute atomic E-state index is 12.2. The van der Waals surface area contributed by atoms with Crippen LogP contribution < -0.4 is 10.1 Å². The van der Waals surface area contributed by atoms with Gasteiger partial charge >= 0.3 is 6.09 Å². The van der Waals surface area contributed by atoms with Gasteiger partial charge in [-0.15, -0.1) is 0 Å². The Balaban J connectivity index is 1.68. The molecule has 9 nitrogen and oxygen atoms in total. The molecule has 0 bridgehead atoms. The van der Waals surface area contributed by atoms with Gasteiger partial charge in [0.05, 0.1) is 23.4 Å². The van der Waals surface area contributed by atoms with Crippen LogP contribution >= 0.6 is 11.6 Å². The lowest BCUT2D eigenvalue weighted by Crippen LogP contribution is -2.48. The number of benzene rings is 1. The number of halogens is 1. The second kappa shape index (κ2) is 7.26. The number of aromatic nitrogens is 5. The topological polar surface area (TPSA) is 118 Å². The Bertz CT molecular complexity index is 1260. The summed E-state index contributed by atoms with van der Waals surface area (Å²) < 4.78 is 7.12. The van der Waals surface area contributed by atoms with Crippen LogP contribution in [0.2, 0.25) is 5.02 Å².